The molecule has 0 bridgehead atoms. The molecule has 0 spiro atoms. The van der Waals surface area contributed by atoms with Crippen LogP contribution in [0.5, 0.6) is 5.75 Å². The van der Waals surface area contributed by atoms with Crippen molar-refractivity contribution in [3.63, 3.8) is 0 Å². The average molecular weight is 250 g/mol. The van der Waals surface area contributed by atoms with Crippen LogP contribution in [0.3, 0.4) is 0 Å². The van der Waals surface area contributed by atoms with E-state index in [4.69, 9.17) is 14.2 Å². The van der Waals surface area contributed by atoms with Crippen LogP contribution in [0.2, 0.25) is 0 Å². The molecule has 2 atom stereocenters. The molecule has 1 aliphatic rings. The molecular weight excluding hydrogens is 228 g/mol. The molecule has 3 heteroatoms. The van der Waals surface area contributed by atoms with E-state index < -0.39 is 0 Å². The fourth-order valence-corrected chi connectivity index (χ4v) is 2.17. The lowest BCUT2D eigenvalue weighted by atomic mass is 10.1. The van der Waals surface area contributed by atoms with Crippen LogP contribution in [0.25, 0.3) is 0 Å². The summed E-state index contributed by atoms with van der Waals surface area (Å²) in [6, 6.07) is 8.08. The Labute approximate surface area is 109 Å². The Kier molecular flexibility index (Phi) is 5.02. The maximum absolute atomic E-state index is 5.86. The van der Waals surface area contributed by atoms with E-state index >= 15 is 0 Å². The van der Waals surface area contributed by atoms with Gasteiger partial charge in [0.25, 0.3) is 0 Å². The van der Waals surface area contributed by atoms with E-state index in [0.29, 0.717) is 19.8 Å². The lowest BCUT2D eigenvalue weighted by Crippen LogP contribution is -2.30. The molecule has 0 N–H and O–H groups in total. The zero-order chi connectivity index (χ0) is 12.8. The zero-order valence-corrected chi connectivity index (χ0v) is 11.2. The van der Waals surface area contributed by atoms with Crippen LogP contribution in [0.1, 0.15) is 38.4 Å². The molecule has 100 valence electrons. The fraction of sp³-hybridized carbons (Fsp3) is 0.600. The summed E-state index contributed by atoms with van der Waals surface area (Å²) in [6.07, 6.45) is 2.56. The van der Waals surface area contributed by atoms with Gasteiger partial charge in [0.05, 0.1) is 25.9 Å². The number of ether oxygens (including phenoxy) is 3. The van der Waals surface area contributed by atoms with Gasteiger partial charge in [-0.1, -0.05) is 25.5 Å². The van der Waals surface area contributed by atoms with E-state index in [0.717, 1.165) is 24.2 Å². The van der Waals surface area contributed by atoms with Crippen LogP contribution in [-0.4, -0.2) is 25.9 Å². The normalized spacial score (nSPS) is 23.9. The van der Waals surface area contributed by atoms with Crippen LogP contribution >= 0.6 is 0 Å². The molecule has 1 fully saturated rings. The van der Waals surface area contributed by atoms with Crippen LogP contribution in [0.15, 0.2) is 24.3 Å². The first-order valence-electron chi connectivity index (χ1n) is 6.79. The summed E-state index contributed by atoms with van der Waals surface area (Å²) in [5, 5.41) is 0. The van der Waals surface area contributed by atoms with Gasteiger partial charge in [0.1, 0.15) is 11.9 Å². The van der Waals surface area contributed by atoms with Crippen molar-refractivity contribution in [3.05, 3.63) is 29.8 Å². The standard InChI is InChI=1S/C15H22O3/c1-3-5-14-10-18-15(11-17-14)12-6-8-13(9-7-12)16-4-2/h6-9,14-15H,3-5,10-11H2,1-2H3/t14-,15-/m1/s1. The molecule has 0 amide bonds. The van der Waals surface area contributed by atoms with Gasteiger partial charge in [-0.15, -0.1) is 0 Å². The highest BCUT2D eigenvalue weighted by Gasteiger charge is 2.22. The van der Waals surface area contributed by atoms with E-state index in [1.54, 1.807) is 0 Å². The average Bonchev–Trinajstić information content (AvgIpc) is 2.41. The van der Waals surface area contributed by atoms with Crippen molar-refractivity contribution < 1.29 is 14.2 Å². The Hall–Kier alpha value is -1.06. The van der Waals surface area contributed by atoms with E-state index in [1.807, 2.05) is 19.1 Å². The van der Waals surface area contributed by atoms with Crippen molar-refractivity contribution in [2.45, 2.75) is 38.9 Å². The van der Waals surface area contributed by atoms with Crippen LogP contribution in [0.4, 0.5) is 0 Å². The van der Waals surface area contributed by atoms with E-state index in [9.17, 15) is 0 Å². The minimum absolute atomic E-state index is 0.0637. The van der Waals surface area contributed by atoms with Gasteiger partial charge in [0.2, 0.25) is 0 Å². The van der Waals surface area contributed by atoms with Crippen molar-refractivity contribution >= 4 is 0 Å². The quantitative estimate of drug-likeness (QED) is 0.802. The molecule has 1 saturated heterocycles. The lowest BCUT2D eigenvalue weighted by molar-refractivity contribution is -0.137. The van der Waals surface area contributed by atoms with Crippen molar-refractivity contribution in [1.29, 1.82) is 0 Å². The second-order valence-electron chi connectivity index (χ2n) is 4.57. The molecule has 0 saturated carbocycles. The number of benzene rings is 1. The summed E-state index contributed by atoms with van der Waals surface area (Å²) in [5.41, 5.74) is 1.16. The molecular formula is C15H22O3. The van der Waals surface area contributed by atoms with Gasteiger partial charge in [-0.2, -0.15) is 0 Å². The van der Waals surface area contributed by atoms with Gasteiger partial charge in [-0.25, -0.2) is 0 Å². The van der Waals surface area contributed by atoms with Gasteiger partial charge in [-0.05, 0) is 31.0 Å². The second kappa shape index (κ2) is 6.76. The van der Waals surface area contributed by atoms with Gasteiger partial charge in [0.15, 0.2) is 0 Å². The van der Waals surface area contributed by atoms with E-state index in [1.165, 1.54) is 0 Å². The van der Waals surface area contributed by atoms with Crippen molar-refractivity contribution in [2.75, 3.05) is 19.8 Å². The highest BCUT2D eigenvalue weighted by atomic mass is 16.6. The minimum atomic E-state index is 0.0637. The third kappa shape index (κ3) is 3.47. The maximum atomic E-state index is 5.86. The zero-order valence-electron chi connectivity index (χ0n) is 11.2. The summed E-state index contributed by atoms with van der Waals surface area (Å²) >= 11 is 0. The summed E-state index contributed by atoms with van der Waals surface area (Å²) in [7, 11) is 0. The number of hydrogen-bond acceptors (Lipinski definition) is 3. The van der Waals surface area contributed by atoms with Gasteiger partial charge in [-0.3, -0.25) is 0 Å². The first kappa shape index (κ1) is 13.4. The summed E-state index contributed by atoms with van der Waals surface area (Å²) < 4.78 is 17.1. The maximum Gasteiger partial charge on any atom is 0.119 e. The highest BCUT2D eigenvalue weighted by Crippen LogP contribution is 2.25. The summed E-state index contributed by atoms with van der Waals surface area (Å²) in [4.78, 5) is 0. The second-order valence-corrected chi connectivity index (χ2v) is 4.57. The highest BCUT2D eigenvalue weighted by molar-refractivity contribution is 5.28. The first-order chi connectivity index (χ1) is 8.83. The Morgan fingerprint density at radius 2 is 1.89 bits per heavy atom. The molecule has 0 aromatic heterocycles. The number of hydrogen-bond donors (Lipinski definition) is 0. The lowest BCUT2D eigenvalue weighted by Gasteiger charge is -2.29. The minimum Gasteiger partial charge on any atom is -0.494 e. The summed E-state index contributed by atoms with van der Waals surface area (Å²) in [6.45, 7) is 6.20. The Morgan fingerprint density at radius 1 is 1.11 bits per heavy atom. The smallest absolute Gasteiger partial charge is 0.119 e. The SMILES string of the molecule is CCC[C@@H]1CO[C@@H](c2ccc(OCC)cc2)CO1. The molecule has 3 nitrogen and oxygen atoms in total. The Morgan fingerprint density at radius 3 is 2.44 bits per heavy atom. The number of rotatable bonds is 5. The predicted octanol–water partition coefficient (Wildman–Crippen LogP) is 3.34. The third-order valence-electron chi connectivity index (χ3n) is 3.14. The molecule has 1 heterocycles. The molecule has 1 aromatic rings. The molecule has 2 rings (SSSR count). The van der Waals surface area contributed by atoms with Gasteiger partial charge in [0, 0.05) is 0 Å². The van der Waals surface area contributed by atoms with E-state index in [-0.39, 0.29) is 12.2 Å². The van der Waals surface area contributed by atoms with Crippen LogP contribution < -0.4 is 4.74 Å². The van der Waals surface area contributed by atoms with E-state index in [2.05, 4.69) is 19.1 Å². The largest absolute Gasteiger partial charge is 0.494 e. The first-order valence-corrected chi connectivity index (χ1v) is 6.79. The molecule has 0 aliphatic carbocycles. The van der Waals surface area contributed by atoms with Gasteiger partial charge >= 0.3 is 0 Å². The topological polar surface area (TPSA) is 27.7 Å². The van der Waals surface area contributed by atoms with Crippen LogP contribution in [-0.2, 0) is 9.47 Å². The van der Waals surface area contributed by atoms with Crippen molar-refractivity contribution in [1.82, 2.24) is 0 Å². The molecule has 1 aliphatic heterocycles. The van der Waals surface area contributed by atoms with Gasteiger partial charge < -0.3 is 14.2 Å². The monoisotopic (exact) mass is 250 g/mol. The van der Waals surface area contributed by atoms with Crippen LogP contribution in [0, 0.1) is 0 Å². The molecule has 0 unspecified atom stereocenters. The summed E-state index contributed by atoms with van der Waals surface area (Å²) in [5.74, 6) is 0.904. The third-order valence-corrected chi connectivity index (χ3v) is 3.14. The molecule has 18 heavy (non-hydrogen) atoms. The Balaban J connectivity index is 1.89. The van der Waals surface area contributed by atoms with Crippen molar-refractivity contribution in [2.24, 2.45) is 0 Å². The predicted molar refractivity (Wildman–Crippen MR) is 71.0 cm³/mol. The van der Waals surface area contributed by atoms with Crippen molar-refractivity contribution in [3.8, 4) is 5.75 Å². The Bertz CT molecular complexity index is 339. The molecule has 1 aromatic carbocycles. The fourth-order valence-electron chi connectivity index (χ4n) is 2.17. The molecule has 0 radical (unpaired) electrons.